The molecule has 0 radical (unpaired) electrons. The Labute approximate surface area is 183 Å². The number of pyridine rings is 1. The van der Waals surface area contributed by atoms with E-state index < -0.39 is 0 Å². The van der Waals surface area contributed by atoms with Crippen LogP contribution in [0.1, 0.15) is 42.5 Å². The molecule has 31 heavy (non-hydrogen) atoms. The topological polar surface area (TPSA) is 70.1 Å². The first-order valence-corrected chi connectivity index (χ1v) is 11.1. The number of aromatic nitrogens is 1. The largest absolute Gasteiger partial charge is 0.479 e. The van der Waals surface area contributed by atoms with Gasteiger partial charge in [-0.3, -0.25) is 9.79 Å². The van der Waals surface area contributed by atoms with E-state index in [2.05, 4.69) is 26.3 Å². The van der Waals surface area contributed by atoms with Crippen molar-refractivity contribution in [2.75, 3.05) is 42.4 Å². The molecular weight excluding hydrogens is 390 g/mol. The molecule has 1 aromatic heterocycles. The highest BCUT2D eigenvalue weighted by Gasteiger charge is 2.28. The van der Waals surface area contributed by atoms with Crippen LogP contribution in [-0.4, -0.2) is 50.1 Å². The van der Waals surface area contributed by atoms with E-state index in [4.69, 9.17) is 4.74 Å². The Kier molecular flexibility index (Phi) is 5.26. The summed E-state index contributed by atoms with van der Waals surface area (Å²) in [5, 5.41) is 3.63. The molecule has 162 valence electrons. The number of fused-ring (bicyclic) bond motifs is 2. The van der Waals surface area contributed by atoms with E-state index in [-0.39, 0.29) is 5.91 Å². The van der Waals surface area contributed by atoms with Crippen molar-refractivity contribution in [3.05, 3.63) is 42.1 Å². The Morgan fingerprint density at radius 2 is 1.87 bits per heavy atom. The highest BCUT2D eigenvalue weighted by Crippen LogP contribution is 2.40. The summed E-state index contributed by atoms with van der Waals surface area (Å²) in [6, 6.07) is 10.2. The molecule has 3 heterocycles. The third-order valence-corrected chi connectivity index (χ3v) is 6.70. The Bertz CT molecular complexity index is 1010. The molecule has 0 unspecified atom stereocenters. The van der Waals surface area contributed by atoms with Crippen LogP contribution in [0.4, 0.5) is 22.9 Å². The van der Waals surface area contributed by atoms with E-state index in [1.165, 1.54) is 12.8 Å². The molecule has 1 aliphatic carbocycles. The maximum atomic E-state index is 12.9. The zero-order valence-corrected chi connectivity index (χ0v) is 18.2. The van der Waals surface area contributed by atoms with Crippen LogP contribution in [0, 0.1) is 5.92 Å². The van der Waals surface area contributed by atoms with Gasteiger partial charge in [-0.05, 0) is 43.7 Å². The number of amides is 1. The summed E-state index contributed by atoms with van der Waals surface area (Å²) in [5.74, 6) is 2.46. The van der Waals surface area contributed by atoms with E-state index in [1.807, 2.05) is 38.4 Å². The summed E-state index contributed by atoms with van der Waals surface area (Å²) in [5.41, 5.74) is 3.40. The van der Waals surface area contributed by atoms with Crippen LogP contribution >= 0.6 is 0 Å². The minimum atomic E-state index is -0.0159. The number of carbonyl (C=O) groups is 1. The van der Waals surface area contributed by atoms with Crippen LogP contribution in [-0.2, 0) is 4.74 Å². The molecule has 7 nitrogen and oxygen atoms in total. The highest BCUT2D eigenvalue weighted by atomic mass is 16.5. The normalized spacial score (nSPS) is 22.9. The first-order valence-electron chi connectivity index (χ1n) is 11.1. The van der Waals surface area contributed by atoms with Crippen molar-refractivity contribution in [1.82, 2.24) is 4.98 Å². The SMILES string of the molecule is CN1C(=O)c2ccccc2N(C)c2cc(NC3CCC(CC4=NCCO4)CC3)ncc21. The summed E-state index contributed by atoms with van der Waals surface area (Å²) >= 11 is 0. The molecule has 3 aliphatic rings. The van der Waals surface area contributed by atoms with Crippen LogP contribution < -0.4 is 15.1 Å². The van der Waals surface area contributed by atoms with Gasteiger partial charge in [0.15, 0.2) is 5.90 Å². The summed E-state index contributed by atoms with van der Waals surface area (Å²) in [7, 11) is 3.82. The molecule has 0 spiro atoms. The molecule has 5 rings (SSSR count). The van der Waals surface area contributed by atoms with Crippen LogP contribution in [0.2, 0.25) is 0 Å². The molecule has 1 fully saturated rings. The summed E-state index contributed by atoms with van der Waals surface area (Å²) in [4.78, 5) is 25.8. The van der Waals surface area contributed by atoms with Gasteiger partial charge in [-0.2, -0.15) is 0 Å². The summed E-state index contributed by atoms with van der Waals surface area (Å²) in [6.45, 7) is 1.56. The lowest BCUT2D eigenvalue weighted by atomic mass is 9.84. The average molecular weight is 420 g/mol. The smallest absolute Gasteiger partial charge is 0.260 e. The quantitative estimate of drug-likeness (QED) is 0.803. The lowest BCUT2D eigenvalue weighted by Gasteiger charge is -2.30. The maximum absolute atomic E-state index is 12.9. The predicted octanol–water partition coefficient (Wildman–Crippen LogP) is 4.23. The number of benzene rings is 1. The van der Waals surface area contributed by atoms with Gasteiger partial charge in [0.05, 0.1) is 35.4 Å². The average Bonchev–Trinajstić information content (AvgIpc) is 3.29. The number of hydrogen-bond acceptors (Lipinski definition) is 6. The van der Waals surface area contributed by atoms with Gasteiger partial charge in [0.2, 0.25) is 0 Å². The molecule has 0 atom stereocenters. The Hall–Kier alpha value is -3.09. The Balaban J connectivity index is 1.30. The second-order valence-corrected chi connectivity index (χ2v) is 8.69. The van der Waals surface area contributed by atoms with E-state index in [9.17, 15) is 4.79 Å². The van der Waals surface area contributed by atoms with Gasteiger partial charge in [-0.1, -0.05) is 12.1 Å². The van der Waals surface area contributed by atoms with Gasteiger partial charge in [0.25, 0.3) is 5.91 Å². The van der Waals surface area contributed by atoms with Crippen molar-refractivity contribution in [3.63, 3.8) is 0 Å². The number of rotatable bonds is 4. The van der Waals surface area contributed by atoms with Crippen LogP contribution in [0.25, 0.3) is 0 Å². The number of carbonyl (C=O) groups excluding carboxylic acids is 1. The zero-order chi connectivity index (χ0) is 21.4. The van der Waals surface area contributed by atoms with Gasteiger partial charge in [0, 0.05) is 32.6 Å². The van der Waals surface area contributed by atoms with Crippen molar-refractivity contribution in [3.8, 4) is 0 Å². The first kappa shape index (κ1) is 19.8. The first-order chi connectivity index (χ1) is 15.1. The Morgan fingerprint density at radius 3 is 2.65 bits per heavy atom. The summed E-state index contributed by atoms with van der Waals surface area (Å²) < 4.78 is 5.58. The third kappa shape index (κ3) is 3.84. The van der Waals surface area contributed by atoms with E-state index in [0.717, 1.165) is 61.2 Å². The molecule has 1 saturated carbocycles. The molecular formula is C24H29N5O2. The van der Waals surface area contributed by atoms with E-state index >= 15 is 0 Å². The third-order valence-electron chi connectivity index (χ3n) is 6.70. The fourth-order valence-electron chi connectivity index (χ4n) is 4.88. The number of hydrogen-bond donors (Lipinski definition) is 1. The lowest BCUT2D eigenvalue weighted by molar-refractivity contribution is 0.0994. The number of nitrogens with zero attached hydrogens (tertiary/aromatic N) is 4. The summed E-state index contributed by atoms with van der Waals surface area (Å²) in [6.07, 6.45) is 7.38. The minimum Gasteiger partial charge on any atom is -0.479 e. The standard InChI is InChI=1S/C24H29N5O2/c1-28-19-6-4-3-5-18(19)24(30)29(2)21-15-26-22(14-20(21)28)27-17-9-7-16(8-10-17)13-23-25-11-12-31-23/h3-6,14-17H,7-13H2,1-2H3,(H,26,27). The Morgan fingerprint density at radius 1 is 1.06 bits per heavy atom. The molecule has 2 aromatic rings. The zero-order valence-electron chi connectivity index (χ0n) is 18.2. The van der Waals surface area contributed by atoms with E-state index in [1.54, 1.807) is 11.1 Å². The monoisotopic (exact) mass is 419 g/mol. The van der Waals surface area contributed by atoms with Gasteiger partial charge >= 0.3 is 0 Å². The molecule has 2 aliphatic heterocycles. The van der Waals surface area contributed by atoms with Gasteiger partial charge in [-0.25, -0.2) is 4.98 Å². The van der Waals surface area contributed by atoms with Gasteiger partial charge in [0.1, 0.15) is 12.4 Å². The molecule has 1 aromatic carbocycles. The second kappa shape index (κ2) is 8.21. The second-order valence-electron chi connectivity index (χ2n) is 8.69. The van der Waals surface area contributed by atoms with Crippen LogP contribution in [0.5, 0.6) is 0 Å². The van der Waals surface area contributed by atoms with Crippen LogP contribution in [0.15, 0.2) is 41.5 Å². The number of aliphatic imine (C=N–C) groups is 1. The number of anilines is 4. The van der Waals surface area contributed by atoms with Crippen molar-refractivity contribution < 1.29 is 9.53 Å². The van der Waals surface area contributed by atoms with Gasteiger partial charge in [-0.15, -0.1) is 0 Å². The highest BCUT2D eigenvalue weighted by molar-refractivity contribution is 6.13. The number of nitrogens with one attached hydrogen (secondary N) is 1. The number of ether oxygens (including phenoxy) is 1. The van der Waals surface area contributed by atoms with Crippen LogP contribution in [0.3, 0.4) is 0 Å². The maximum Gasteiger partial charge on any atom is 0.260 e. The molecule has 7 heteroatoms. The number of para-hydroxylation sites is 1. The predicted molar refractivity (Wildman–Crippen MR) is 124 cm³/mol. The van der Waals surface area contributed by atoms with Gasteiger partial charge < -0.3 is 19.9 Å². The van der Waals surface area contributed by atoms with Crippen molar-refractivity contribution in [2.24, 2.45) is 10.9 Å². The van der Waals surface area contributed by atoms with Crippen molar-refractivity contribution in [1.29, 1.82) is 0 Å². The minimum absolute atomic E-state index is 0.0159. The van der Waals surface area contributed by atoms with E-state index in [0.29, 0.717) is 17.5 Å². The van der Waals surface area contributed by atoms with Crippen molar-refractivity contribution >= 4 is 34.7 Å². The molecule has 0 saturated heterocycles. The molecule has 0 bridgehead atoms. The lowest BCUT2D eigenvalue weighted by Crippen LogP contribution is -2.28. The molecule has 1 N–H and O–H groups in total. The fraction of sp³-hybridized carbons (Fsp3) is 0.458. The molecule has 1 amide bonds. The fourth-order valence-corrected chi connectivity index (χ4v) is 4.88. The van der Waals surface area contributed by atoms with Crippen molar-refractivity contribution in [2.45, 2.75) is 38.1 Å².